The molecule has 0 fully saturated rings. The maximum absolute atomic E-state index is 13.6. The van der Waals surface area contributed by atoms with Gasteiger partial charge in [-0.2, -0.15) is 13.2 Å². The van der Waals surface area contributed by atoms with Gasteiger partial charge in [0, 0.05) is 21.9 Å². The van der Waals surface area contributed by atoms with Gasteiger partial charge >= 0.3 is 6.18 Å². The van der Waals surface area contributed by atoms with Crippen molar-refractivity contribution in [2.45, 2.75) is 6.18 Å². The Bertz CT molecular complexity index is 3700. The summed E-state index contributed by atoms with van der Waals surface area (Å²) in [5.74, 6) is 0. The predicted molar refractivity (Wildman–Crippen MR) is 255 cm³/mol. The Hall–Kier alpha value is -8.02. The van der Waals surface area contributed by atoms with Gasteiger partial charge in [-0.25, -0.2) is 4.98 Å². The number of fused-ring (bicyclic) bond motifs is 10. The maximum atomic E-state index is 13.6. The van der Waals surface area contributed by atoms with Crippen molar-refractivity contribution < 1.29 is 13.2 Å². The lowest BCUT2D eigenvalue weighted by molar-refractivity contribution is -0.137. The zero-order valence-corrected chi connectivity index (χ0v) is 33.7. The van der Waals surface area contributed by atoms with Gasteiger partial charge in [-0.05, 0) is 126 Å². The van der Waals surface area contributed by atoms with E-state index in [0.29, 0.717) is 0 Å². The Morgan fingerprint density at radius 3 is 1.51 bits per heavy atom. The molecule has 0 N–H and O–H groups in total. The minimum Gasteiger partial charge on any atom is -0.309 e. The van der Waals surface area contributed by atoms with Crippen LogP contribution >= 0.6 is 0 Å². The number of alkyl halides is 3. The van der Waals surface area contributed by atoms with Crippen LogP contribution in [-0.4, -0.2) is 9.55 Å². The van der Waals surface area contributed by atoms with Crippen LogP contribution in [0.3, 0.4) is 0 Å². The first-order valence-corrected chi connectivity index (χ1v) is 21.0. The quantitative estimate of drug-likeness (QED) is 0.158. The van der Waals surface area contributed by atoms with Crippen molar-refractivity contribution in [1.29, 1.82) is 0 Å². The second-order valence-electron chi connectivity index (χ2n) is 16.3. The molecule has 0 saturated heterocycles. The summed E-state index contributed by atoms with van der Waals surface area (Å²) >= 11 is 0. The van der Waals surface area contributed by atoms with Gasteiger partial charge in [-0.3, -0.25) is 0 Å². The smallest absolute Gasteiger partial charge is 0.309 e. The number of pyridine rings is 1. The van der Waals surface area contributed by atoms with Crippen molar-refractivity contribution in [3.8, 4) is 50.5 Å². The van der Waals surface area contributed by atoms with Crippen LogP contribution in [-0.2, 0) is 6.18 Å². The minimum atomic E-state index is -4.41. The number of aromatic nitrogens is 2. The molecule has 0 amide bonds. The van der Waals surface area contributed by atoms with Crippen molar-refractivity contribution in [2.24, 2.45) is 0 Å². The van der Waals surface area contributed by atoms with Crippen molar-refractivity contribution in [3.05, 3.63) is 218 Å². The highest BCUT2D eigenvalue weighted by Crippen LogP contribution is 2.44. The Labute approximate surface area is 360 Å². The predicted octanol–water partition coefficient (Wildman–Crippen LogP) is 16.5. The van der Waals surface area contributed by atoms with Gasteiger partial charge in [0.1, 0.15) is 0 Å². The van der Waals surface area contributed by atoms with Crippen LogP contribution in [0.4, 0.5) is 13.2 Å². The van der Waals surface area contributed by atoms with E-state index in [-0.39, 0.29) is 0 Å². The highest BCUT2D eigenvalue weighted by molar-refractivity contribution is 6.29. The third-order valence-corrected chi connectivity index (χ3v) is 12.6. The fourth-order valence-corrected chi connectivity index (χ4v) is 9.48. The first-order chi connectivity index (χ1) is 30.8. The number of hydrogen-bond donors (Lipinski definition) is 0. The van der Waals surface area contributed by atoms with Crippen LogP contribution < -0.4 is 0 Å². The SMILES string of the molecule is FC(F)(F)c1ccc(-c2ccc3c4ccccc4c4cc5c6cc(-c7ccc8ccccc8c7)ccc6n(-c6cc(-c7ccccc7)nc(-c7ccccc7)c6)c5cc4c3c2)cc1. The standard InChI is InChI=1S/C58H35F3N2/c59-58(60,61)44-25-21-37(22-26-44)42-23-27-48-46-17-9-10-18-47(46)50-34-53-52-31-43(41-20-19-36-11-7-8-16-40(36)29-41)24-28-56(52)63(57(53)35-51(50)49(48)30-42)45-32-54(38-12-3-1-4-13-38)62-55(33-45)39-14-5-2-6-15-39/h1-35H. The molecule has 63 heavy (non-hydrogen) atoms. The maximum Gasteiger partial charge on any atom is 0.416 e. The zero-order chi connectivity index (χ0) is 42.2. The lowest BCUT2D eigenvalue weighted by atomic mass is 9.91. The second-order valence-corrected chi connectivity index (χ2v) is 16.3. The fraction of sp³-hybridized carbons (Fsp3) is 0.0172. The van der Waals surface area contributed by atoms with Gasteiger partial charge < -0.3 is 4.57 Å². The summed E-state index contributed by atoms with van der Waals surface area (Å²) in [6.07, 6.45) is -4.41. The van der Waals surface area contributed by atoms with E-state index < -0.39 is 11.7 Å². The molecule has 0 unspecified atom stereocenters. The van der Waals surface area contributed by atoms with E-state index in [9.17, 15) is 13.2 Å². The molecule has 10 aromatic carbocycles. The molecule has 0 aliphatic heterocycles. The lowest BCUT2D eigenvalue weighted by Crippen LogP contribution is -2.03. The number of benzene rings is 10. The molecule has 0 aliphatic rings. The van der Waals surface area contributed by atoms with Crippen molar-refractivity contribution >= 4 is 64.9 Å². The molecule has 0 saturated carbocycles. The van der Waals surface area contributed by atoms with E-state index in [1.54, 1.807) is 12.1 Å². The van der Waals surface area contributed by atoms with Crippen LogP contribution in [0.2, 0.25) is 0 Å². The monoisotopic (exact) mass is 816 g/mol. The van der Waals surface area contributed by atoms with Gasteiger partial charge in [0.05, 0.1) is 33.7 Å². The lowest BCUT2D eigenvalue weighted by Gasteiger charge is -2.15. The summed E-state index contributed by atoms with van der Waals surface area (Å²) < 4.78 is 43.1. The number of rotatable bonds is 5. The molecule has 2 aromatic heterocycles. The average molecular weight is 817 g/mol. The molecule has 12 aromatic rings. The summed E-state index contributed by atoms with van der Waals surface area (Å²) in [5, 5.41) is 11.2. The van der Waals surface area contributed by atoms with Crippen LogP contribution in [0.15, 0.2) is 212 Å². The Morgan fingerprint density at radius 2 is 0.810 bits per heavy atom. The molecule has 298 valence electrons. The molecule has 0 spiro atoms. The molecular formula is C58H35F3N2. The zero-order valence-electron chi connectivity index (χ0n) is 33.7. The summed E-state index contributed by atoms with van der Waals surface area (Å²) in [7, 11) is 0. The molecule has 0 radical (unpaired) electrons. The van der Waals surface area contributed by atoms with E-state index in [2.05, 4.69) is 150 Å². The highest BCUT2D eigenvalue weighted by atomic mass is 19.4. The van der Waals surface area contributed by atoms with E-state index in [4.69, 9.17) is 4.98 Å². The Morgan fingerprint density at radius 1 is 0.317 bits per heavy atom. The van der Waals surface area contributed by atoms with Gasteiger partial charge in [-0.15, -0.1) is 0 Å². The minimum absolute atomic E-state index is 0.663. The first-order valence-electron chi connectivity index (χ1n) is 21.0. The van der Waals surface area contributed by atoms with Gasteiger partial charge in [0.2, 0.25) is 0 Å². The summed E-state index contributed by atoms with van der Waals surface area (Å²) in [5.41, 5.74) is 10.0. The molecule has 0 aliphatic carbocycles. The van der Waals surface area contributed by atoms with Gasteiger partial charge in [0.15, 0.2) is 0 Å². The fourth-order valence-electron chi connectivity index (χ4n) is 9.48. The van der Waals surface area contributed by atoms with Gasteiger partial charge in [0.25, 0.3) is 0 Å². The van der Waals surface area contributed by atoms with Gasteiger partial charge in [-0.1, -0.05) is 152 Å². The third-order valence-electron chi connectivity index (χ3n) is 12.6. The van der Waals surface area contributed by atoms with E-state index >= 15 is 0 Å². The number of hydrogen-bond acceptors (Lipinski definition) is 1. The first kappa shape index (κ1) is 36.8. The summed E-state index contributed by atoms with van der Waals surface area (Å²) in [6.45, 7) is 0. The van der Waals surface area contributed by atoms with Crippen molar-refractivity contribution in [3.63, 3.8) is 0 Å². The summed E-state index contributed by atoms with van der Waals surface area (Å²) in [6, 6.07) is 71.7. The normalized spacial score (nSPS) is 12.0. The van der Waals surface area contributed by atoms with E-state index in [1.165, 1.54) is 10.8 Å². The Kier molecular flexibility index (Phi) is 8.35. The Balaban J connectivity index is 1.18. The molecule has 2 nitrogen and oxygen atoms in total. The molecule has 0 bridgehead atoms. The van der Waals surface area contributed by atoms with Crippen molar-refractivity contribution in [1.82, 2.24) is 9.55 Å². The number of nitrogens with zero attached hydrogens (tertiary/aromatic N) is 2. The average Bonchev–Trinajstić information content (AvgIpc) is 3.66. The molecular weight excluding hydrogens is 782 g/mol. The van der Waals surface area contributed by atoms with E-state index in [1.807, 2.05) is 42.5 Å². The molecule has 0 atom stereocenters. The molecule has 12 rings (SSSR count). The summed E-state index contributed by atoms with van der Waals surface area (Å²) in [4.78, 5) is 5.23. The van der Waals surface area contributed by atoms with E-state index in [0.717, 1.165) is 117 Å². The second kappa shape index (κ2) is 14.3. The van der Waals surface area contributed by atoms with Crippen LogP contribution in [0.5, 0.6) is 0 Å². The topological polar surface area (TPSA) is 17.8 Å². The van der Waals surface area contributed by atoms with Crippen LogP contribution in [0.1, 0.15) is 5.56 Å². The van der Waals surface area contributed by atoms with Crippen molar-refractivity contribution in [2.75, 3.05) is 0 Å². The third kappa shape index (κ3) is 6.23. The van der Waals surface area contributed by atoms with Crippen LogP contribution in [0, 0.1) is 0 Å². The number of halogens is 3. The van der Waals surface area contributed by atoms with Crippen LogP contribution in [0.25, 0.3) is 115 Å². The largest absolute Gasteiger partial charge is 0.416 e. The highest BCUT2D eigenvalue weighted by Gasteiger charge is 2.30. The molecule has 5 heteroatoms. The molecule has 2 heterocycles.